The Morgan fingerprint density at radius 2 is 1.59 bits per heavy atom. The van der Waals surface area contributed by atoms with Gasteiger partial charge in [0, 0.05) is 25.0 Å². The number of carbonyl (C=O) groups is 2. The summed E-state index contributed by atoms with van der Waals surface area (Å²) in [7, 11) is 0. The van der Waals surface area contributed by atoms with Gasteiger partial charge in [-0.3, -0.25) is 4.90 Å². The topological polar surface area (TPSA) is 70.1 Å². The van der Waals surface area contributed by atoms with Crippen molar-refractivity contribution in [1.82, 2.24) is 4.90 Å². The van der Waals surface area contributed by atoms with Gasteiger partial charge < -0.3 is 14.7 Å². The lowest BCUT2D eigenvalue weighted by Crippen LogP contribution is -2.50. The number of hydrogen-bond acceptors (Lipinski definition) is 3. The molecule has 0 bridgehead atoms. The van der Waals surface area contributed by atoms with Crippen molar-refractivity contribution in [2.24, 2.45) is 0 Å². The molecule has 0 atom stereocenters. The number of nitrogens with zero attached hydrogens (tertiary/aromatic N) is 2. The smallest absolute Gasteiger partial charge is 0.411 e. The molecule has 6 nitrogen and oxygen atoms in total. The zero-order valence-electron chi connectivity index (χ0n) is 18.5. The molecule has 2 heterocycles. The second-order valence-electron chi connectivity index (χ2n) is 10.4. The van der Waals surface area contributed by atoms with Crippen molar-refractivity contribution >= 4 is 17.9 Å². The van der Waals surface area contributed by atoms with Crippen LogP contribution in [0, 0.1) is 0 Å². The third-order valence-corrected chi connectivity index (χ3v) is 6.14. The van der Waals surface area contributed by atoms with Gasteiger partial charge in [0.25, 0.3) is 0 Å². The highest BCUT2D eigenvalue weighted by Crippen LogP contribution is 2.47. The van der Waals surface area contributed by atoms with E-state index in [1.807, 2.05) is 26.8 Å². The van der Waals surface area contributed by atoms with E-state index in [9.17, 15) is 14.7 Å². The maximum absolute atomic E-state index is 12.4. The number of hydrogen-bond donors (Lipinski definition) is 1. The van der Waals surface area contributed by atoms with E-state index in [1.54, 1.807) is 4.90 Å². The Balaban J connectivity index is 1.88. The van der Waals surface area contributed by atoms with Crippen molar-refractivity contribution in [3.63, 3.8) is 0 Å². The van der Waals surface area contributed by atoms with Crippen LogP contribution in [0.15, 0.2) is 18.2 Å². The summed E-state index contributed by atoms with van der Waals surface area (Å²) in [6, 6.07) is 6.30. The van der Waals surface area contributed by atoms with Crippen LogP contribution in [-0.2, 0) is 15.6 Å². The van der Waals surface area contributed by atoms with Gasteiger partial charge in [0.05, 0.1) is 5.69 Å². The van der Waals surface area contributed by atoms with Gasteiger partial charge in [-0.1, -0.05) is 32.9 Å². The molecule has 3 rings (SSSR count). The Morgan fingerprint density at radius 3 is 2.10 bits per heavy atom. The van der Waals surface area contributed by atoms with Crippen LogP contribution in [0.3, 0.4) is 0 Å². The van der Waals surface area contributed by atoms with Crippen LogP contribution in [0.4, 0.5) is 15.3 Å². The van der Waals surface area contributed by atoms with Crippen molar-refractivity contribution in [3.05, 3.63) is 29.3 Å². The van der Waals surface area contributed by atoms with Gasteiger partial charge >= 0.3 is 12.2 Å². The number of benzene rings is 1. The minimum absolute atomic E-state index is 0.0517. The molecule has 160 valence electrons. The Labute approximate surface area is 173 Å². The molecule has 1 saturated heterocycles. The summed E-state index contributed by atoms with van der Waals surface area (Å²) in [5, 5.41) is 9.74. The number of piperidine rings is 1. The molecule has 0 unspecified atom stereocenters. The van der Waals surface area contributed by atoms with Gasteiger partial charge in [0.2, 0.25) is 0 Å². The van der Waals surface area contributed by atoms with E-state index in [2.05, 4.69) is 32.9 Å². The standard InChI is InChI=1S/C23H34N2O4/c1-21(2,3)16-7-8-17-18(15-16)25(19(26)27)14-11-23(17)9-12-24(13-10-23)20(28)29-22(4,5)6/h7-8,15H,9-14H2,1-6H3,(H,26,27). The highest BCUT2D eigenvalue weighted by molar-refractivity contribution is 5.88. The molecule has 1 spiro atoms. The fraction of sp³-hybridized carbons (Fsp3) is 0.652. The molecule has 0 saturated carbocycles. The molecule has 2 amide bonds. The molecule has 1 aromatic rings. The van der Waals surface area contributed by atoms with E-state index in [0.29, 0.717) is 19.6 Å². The number of ether oxygens (including phenoxy) is 1. The van der Waals surface area contributed by atoms with Gasteiger partial charge in [0.1, 0.15) is 5.60 Å². The number of rotatable bonds is 0. The summed E-state index contributed by atoms with van der Waals surface area (Å²) >= 11 is 0. The monoisotopic (exact) mass is 402 g/mol. The Kier molecular flexibility index (Phi) is 5.35. The molecular weight excluding hydrogens is 368 g/mol. The Bertz CT molecular complexity index is 796. The molecule has 1 aromatic carbocycles. The summed E-state index contributed by atoms with van der Waals surface area (Å²) in [5.41, 5.74) is 2.39. The number of fused-ring (bicyclic) bond motifs is 2. The minimum atomic E-state index is -0.904. The normalized spacial score (nSPS) is 19.1. The average molecular weight is 403 g/mol. The van der Waals surface area contributed by atoms with Crippen LogP contribution in [0.5, 0.6) is 0 Å². The van der Waals surface area contributed by atoms with Gasteiger partial charge in [-0.2, -0.15) is 0 Å². The lowest BCUT2D eigenvalue weighted by molar-refractivity contribution is 0.0158. The van der Waals surface area contributed by atoms with Crippen LogP contribution in [-0.4, -0.2) is 47.4 Å². The first-order valence-electron chi connectivity index (χ1n) is 10.5. The van der Waals surface area contributed by atoms with Crippen molar-refractivity contribution in [3.8, 4) is 0 Å². The van der Waals surface area contributed by atoms with E-state index in [-0.39, 0.29) is 16.9 Å². The highest BCUT2D eigenvalue weighted by atomic mass is 16.6. The van der Waals surface area contributed by atoms with Crippen molar-refractivity contribution < 1.29 is 19.4 Å². The summed E-state index contributed by atoms with van der Waals surface area (Å²) in [6.45, 7) is 13.8. The van der Waals surface area contributed by atoms with Gasteiger partial charge in [0.15, 0.2) is 0 Å². The summed E-state index contributed by atoms with van der Waals surface area (Å²) in [5.74, 6) is 0. The molecule has 29 heavy (non-hydrogen) atoms. The Hall–Kier alpha value is -2.24. The molecule has 2 aliphatic rings. The van der Waals surface area contributed by atoms with Crippen molar-refractivity contribution in [1.29, 1.82) is 0 Å². The van der Waals surface area contributed by atoms with Gasteiger partial charge in [-0.25, -0.2) is 9.59 Å². The van der Waals surface area contributed by atoms with E-state index >= 15 is 0 Å². The van der Waals surface area contributed by atoms with E-state index < -0.39 is 11.7 Å². The lowest BCUT2D eigenvalue weighted by Gasteiger charge is -2.47. The van der Waals surface area contributed by atoms with Crippen LogP contribution in [0.1, 0.15) is 71.9 Å². The predicted molar refractivity (Wildman–Crippen MR) is 114 cm³/mol. The molecule has 1 N–H and O–H groups in total. The zero-order chi connectivity index (χ0) is 21.6. The highest BCUT2D eigenvalue weighted by Gasteiger charge is 2.44. The fourth-order valence-corrected chi connectivity index (χ4v) is 4.41. The van der Waals surface area contributed by atoms with Crippen LogP contribution in [0.25, 0.3) is 0 Å². The molecule has 0 aromatic heterocycles. The molecule has 1 fully saturated rings. The second-order valence-corrected chi connectivity index (χ2v) is 10.4. The van der Waals surface area contributed by atoms with Crippen LogP contribution in [0.2, 0.25) is 0 Å². The van der Waals surface area contributed by atoms with E-state index in [1.165, 1.54) is 4.90 Å². The number of carbonyl (C=O) groups excluding carboxylic acids is 1. The number of anilines is 1. The van der Waals surface area contributed by atoms with E-state index in [4.69, 9.17) is 4.74 Å². The number of likely N-dealkylation sites (tertiary alicyclic amines) is 1. The molecule has 2 aliphatic heterocycles. The van der Waals surface area contributed by atoms with Gasteiger partial charge in [-0.05, 0) is 62.6 Å². The second kappa shape index (κ2) is 7.22. The zero-order valence-corrected chi connectivity index (χ0v) is 18.5. The van der Waals surface area contributed by atoms with Gasteiger partial charge in [-0.15, -0.1) is 0 Å². The molecule has 0 radical (unpaired) electrons. The maximum Gasteiger partial charge on any atom is 0.411 e. The SMILES string of the molecule is CC(C)(C)OC(=O)N1CCC2(CC1)CCN(C(=O)O)c1cc(C(C)(C)C)ccc12. The summed E-state index contributed by atoms with van der Waals surface area (Å²) in [4.78, 5) is 27.6. The fourth-order valence-electron chi connectivity index (χ4n) is 4.41. The number of amides is 2. The molecule has 6 heteroatoms. The van der Waals surface area contributed by atoms with E-state index in [0.717, 1.165) is 36.1 Å². The quantitative estimate of drug-likeness (QED) is 0.652. The average Bonchev–Trinajstić information content (AvgIpc) is 2.60. The first-order valence-corrected chi connectivity index (χ1v) is 10.5. The summed E-state index contributed by atoms with van der Waals surface area (Å²) < 4.78 is 5.53. The van der Waals surface area contributed by atoms with Crippen molar-refractivity contribution in [2.75, 3.05) is 24.5 Å². The van der Waals surface area contributed by atoms with Crippen LogP contribution < -0.4 is 4.90 Å². The number of carboxylic acid groups (broad SMARTS) is 1. The predicted octanol–water partition coefficient (Wildman–Crippen LogP) is 5.14. The minimum Gasteiger partial charge on any atom is -0.465 e. The summed E-state index contributed by atoms with van der Waals surface area (Å²) in [6.07, 6.45) is 1.25. The maximum atomic E-state index is 12.4. The largest absolute Gasteiger partial charge is 0.465 e. The third kappa shape index (κ3) is 4.36. The first-order chi connectivity index (χ1) is 13.3. The first kappa shape index (κ1) is 21.5. The Morgan fingerprint density at radius 1 is 1.00 bits per heavy atom. The molecule has 0 aliphatic carbocycles. The lowest BCUT2D eigenvalue weighted by atomic mass is 9.67. The molecular formula is C23H34N2O4. The third-order valence-electron chi connectivity index (χ3n) is 6.14. The van der Waals surface area contributed by atoms with Crippen LogP contribution >= 0.6 is 0 Å². The van der Waals surface area contributed by atoms with Crippen molar-refractivity contribution in [2.45, 2.75) is 77.2 Å².